The van der Waals surface area contributed by atoms with E-state index >= 15 is 0 Å². The minimum absolute atomic E-state index is 0.202. The lowest BCUT2D eigenvalue weighted by Crippen LogP contribution is -2.33. The van der Waals surface area contributed by atoms with Crippen molar-refractivity contribution in [3.8, 4) is 5.75 Å². The number of hydrogen-bond acceptors (Lipinski definition) is 3. The number of amides is 1. The summed E-state index contributed by atoms with van der Waals surface area (Å²) in [6.07, 6.45) is 1.84. The van der Waals surface area contributed by atoms with Crippen LogP contribution in [0.1, 0.15) is 0 Å². The van der Waals surface area contributed by atoms with Crippen molar-refractivity contribution in [2.24, 2.45) is 5.84 Å². The number of hydrogen-bond donors (Lipinski definition) is 2. The predicted octanol–water partition coefficient (Wildman–Crippen LogP) is 0.640. The number of fused-ring (bicyclic) bond motifs is 1. The van der Waals surface area contributed by atoms with Gasteiger partial charge in [-0.05, 0) is 18.2 Å². The highest BCUT2D eigenvalue weighted by molar-refractivity contribution is 5.88. The molecule has 2 rings (SSSR count). The molecule has 5 nitrogen and oxygen atoms in total. The Kier molecular flexibility index (Phi) is 2.78. The molecule has 0 atom stereocenters. The van der Waals surface area contributed by atoms with E-state index in [-0.39, 0.29) is 12.5 Å². The summed E-state index contributed by atoms with van der Waals surface area (Å²) in [5.41, 5.74) is 3.05. The molecule has 0 aliphatic rings. The Morgan fingerprint density at radius 3 is 3.00 bits per heavy atom. The summed E-state index contributed by atoms with van der Waals surface area (Å²) in [5, 5.41) is 0.981. The second-order valence-electron chi connectivity index (χ2n) is 3.40. The monoisotopic (exact) mass is 219 g/mol. The molecule has 0 saturated carbocycles. The van der Waals surface area contributed by atoms with Gasteiger partial charge in [0.05, 0.1) is 12.6 Å². The lowest BCUT2D eigenvalue weighted by molar-refractivity contribution is -0.121. The fourth-order valence-corrected chi connectivity index (χ4v) is 1.71. The largest absolute Gasteiger partial charge is 0.496 e. The maximum absolute atomic E-state index is 11.2. The van der Waals surface area contributed by atoms with Crippen molar-refractivity contribution < 1.29 is 9.53 Å². The number of hydrazine groups is 1. The van der Waals surface area contributed by atoms with Crippen LogP contribution in [-0.2, 0) is 11.3 Å². The Labute approximate surface area is 92.8 Å². The minimum Gasteiger partial charge on any atom is -0.496 e. The third kappa shape index (κ3) is 1.72. The highest BCUT2D eigenvalue weighted by Gasteiger charge is 2.07. The number of nitrogens with two attached hydrogens (primary N) is 1. The Morgan fingerprint density at radius 1 is 1.50 bits per heavy atom. The van der Waals surface area contributed by atoms with E-state index in [9.17, 15) is 4.79 Å². The van der Waals surface area contributed by atoms with Gasteiger partial charge in [0.2, 0.25) is 0 Å². The van der Waals surface area contributed by atoms with Crippen molar-refractivity contribution in [1.29, 1.82) is 0 Å². The van der Waals surface area contributed by atoms with Gasteiger partial charge in [0, 0.05) is 11.6 Å². The summed E-state index contributed by atoms with van der Waals surface area (Å²) in [5.74, 6) is 5.61. The van der Waals surface area contributed by atoms with Crippen LogP contribution in [0.3, 0.4) is 0 Å². The lowest BCUT2D eigenvalue weighted by atomic mass is 10.2. The van der Waals surface area contributed by atoms with E-state index in [0.717, 1.165) is 16.7 Å². The van der Waals surface area contributed by atoms with Crippen LogP contribution in [0.2, 0.25) is 0 Å². The Balaban J connectivity index is 2.45. The molecule has 0 saturated heterocycles. The SMILES string of the molecule is COc1cccc2c1ccn2CC(=O)NN. The fourth-order valence-electron chi connectivity index (χ4n) is 1.71. The number of nitrogens with one attached hydrogen (secondary N) is 1. The van der Waals surface area contributed by atoms with E-state index in [1.165, 1.54) is 0 Å². The highest BCUT2D eigenvalue weighted by atomic mass is 16.5. The van der Waals surface area contributed by atoms with Gasteiger partial charge >= 0.3 is 0 Å². The first-order chi connectivity index (χ1) is 7.76. The normalized spacial score (nSPS) is 10.4. The van der Waals surface area contributed by atoms with Gasteiger partial charge in [-0.25, -0.2) is 5.84 Å². The van der Waals surface area contributed by atoms with Crippen molar-refractivity contribution >= 4 is 16.8 Å². The van der Waals surface area contributed by atoms with E-state index in [1.54, 1.807) is 7.11 Å². The number of nitrogens with zero attached hydrogens (tertiary/aromatic N) is 1. The molecule has 1 aromatic carbocycles. The van der Waals surface area contributed by atoms with Crippen molar-refractivity contribution in [3.05, 3.63) is 30.5 Å². The zero-order valence-electron chi connectivity index (χ0n) is 8.93. The molecule has 84 valence electrons. The standard InChI is InChI=1S/C11H13N3O2/c1-16-10-4-2-3-9-8(10)5-6-14(9)7-11(15)13-12/h2-6H,7,12H2,1H3,(H,13,15). The van der Waals surface area contributed by atoms with E-state index in [2.05, 4.69) is 5.43 Å². The molecule has 2 aromatic rings. The molecule has 0 aliphatic heterocycles. The molecular weight excluding hydrogens is 206 g/mol. The molecule has 3 N–H and O–H groups in total. The molecule has 5 heteroatoms. The van der Waals surface area contributed by atoms with Gasteiger partial charge in [0.1, 0.15) is 12.3 Å². The molecule has 0 unspecified atom stereocenters. The van der Waals surface area contributed by atoms with Gasteiger partial charge in [-0.1, -0.05) is 6.07 Å². The predicted molar refractivity (Wildman–Crippen MR) is 60.8 cm³/mol. The van der Waals surface area contributed by atoms with Crippen LogP contribution in [0, 0.1) is 0 Å². The minimum atomic E-state index is -0.236. The number of carbonyl (C=O) groups is 1. The van der Waals surface area contributed by atoms with Crippen molar-refractivity contribution in [2.75, 3.05) is 7.11 Å². The van der Waals surface area contributed by atoms with E-state index in [4.69, 9.17) is 10.6 Å². The summed E-state index contributed by atoms with van der Waals surface area (Å²) >= 11 is 0. The molecule has 0 bridgehead atoms. The second-order valence-corrected chi connectivity index (χ2v) is 3.40. The molecule has 0 spiro atoms. The zero-order chi connectivity index (χ0) is 11.5. The van der Waals surface area contributed by atoms with Crippen LogP contribution >= 0.6 is 0 Å². The number of rotatable bonds is 3. The lowest BCUT2D eigenvalue weighted by Gasteiger charge is -2.05. The average Bonchev–Trinajstić information content (AvgIpc) is 2.72. The molecule has 1 amide bonds. The van der Waals surface area contributed by atoms with Crippen LogP contribution in [0.25, 0.3) is 10.9 Å². The van der Waals surface area contributed by atoms with Gasteiger partial charge < -0.3 is 9.30 Å². The number of aromatic nitrogens is 1. The first-order valence-electron chi connectivity index (χ1n) is 4.87. The van der Waals surface area contributed by atoms with Crippen LogP contribution in [-0.4, -0.2) is 17.6 Å². The molecular formula is C11H13N3O2. The van der Waals surface area contributed by atoms with Crippen LogP contribution < -0.4 is 16.0 Å². The molecule has 16 heavy (non-hydrogen) atoms. The van der Waals surface area contributed by atoms with E-state index in [0.29, 0.717) is 0 Å². The summed E-state index contributed by atoms with van der Waals surface area (Å²) in [6.45, 7) is 0.202. The highest BCUT2D eigenvalue weighted by Crippen LogP contribution is 2.25. The average molecular weight is 219 g/mol. The quantitative estimate of drug-likeness (QED) is 0.452. The second kappa shape index (κ2) is 4.24. The number of carbonyl (C=O) groups excluding carboxylic acids is 1. The van der Waals surface area contributed by atoms with E-state index in [1.807, 2.05) is 35.0 Å². The number of ether oxygens (including phenoxy) is 1. The summed E-state index contributed by atoms with van der Waals surface area (Å²) in [7, 11) is 1.62. The third-order valence-electron chi connectivity index (χ3n) is 2.47. The Morgan fingerprint density at radius 2 is 2.31 bits per heavy atom. The smallest absolute Gasteiger partial charge is 0.253 e. The summed E-state index contributed by atoms with van der Waals surface area (Å²) in [4.78, 5) is 11.2. The van der Waals surface area contributed by atoms with Crippen LogP contribution in [0.4, 0.5) is 0 Å². The molecule has 0 fully saturated rings. The molecule has 1 aromatic heterocycles. The maximum atomic E-state index is 11.2. The van der Waals surface area contributed by atoms with Crippen molar-refractivity contribution in [3.63, 3.8) is 0 Å². The Hall–Kier alpha value is -2.01. The van der Waals surface area contributed by atoms with Crippen molar-refractivity contribution in [1.82, 2.24) is 9.99 Å². The van der Waals surface area contributed by atoms with E-state index < -0.39 is 0 Å². The van der Waals surface area contributed by atoms with Crippen molar-refractivity contribution in [2.45, 2.75) is 6.54 Å². The molecule has 1 heterocycles. The zero-order valence-corrected chi connectivity index (χ0v) is 8.93. The Bertz CT molecular complexity index is 519. The number of benzene rings is 1. The number of methoxy groups -OCH3 is 1. The van der Waals surface area contributed by atoms with Gasteiger partial charge in [-0.2, -0.15) is 0 Å². The molecule has 0 aliphatic carbocycles. The summed E-state index contributed by atoms with van der Waals surface area (Å²) in [6, 6.07) is 7.62. The maximum Gasteiger partial charge on any atom is 0.253 e. The molecule has 0 radical (unpaired) electrons. The first kappa shape index (κ1) is 10.5. The van der Waals surface area contributed by atoms with Gasteiger partial charge in [0.15, 0.2) is 0 Å². The topological polar surface area (TPSA) is 69.3 Å². The fraction of sp³-hybridized carbons (Fsp3) is 0.182. The summed E-state index contributed by atoms with van der Waals surface area (Å²) < 4.78 is 7.05. The van der Waals surface area contributed by atoms with Gasteiger partial charge in [-0.3, -0.25) is 10.2 Å². The third-order valence-corrected chi connectivity index (χ3v) is 2.47. The van der Waals surface area contributed by atoms with Crippen LogP contribution in [0.5, 0.6) is 5.75 Å². The van der Waals surface area contributed by atoms with Crippen LogP contribution in [0.15, 0.2) is 30.5 Å². The van der Waals surface area contributed by atoms with Gasteiger partial charge in [-0.15, -0.1) is 0 Å². The van der Waals surface area contributed by atoms with Gasteiger partial charge in [0.25, 0.3) is 5.91 Å². The first-order valence-corrected chi connectivity index (χ1v) is 4.87.